The Morgan fingerprint density at radius 1 is 0.854 bits per heavy atom. The molecule has 1 N–H and O–H groups in total. The van der Waals surface area contributed by atoms with E-state index >= 15 is 0 Å². The predicted molar refractivity (Wildman–Crippen MR) is 192 cm³/mol. The molecule has 0 aromatic heterocycles. The van der Waals surface area contributed by atoms with Crippen LogP contribution in [0.1, 0.15) is 43.9 Å². The Morgan fingerprint density at radius 3 is 2.12 bits per heavy atom. The Morgan fingerprint density at radius 2 is 1.52 bits per heavy atom. The highest BCUT2D eigenvalue weighted by atomic mass is 35.5. The lowest BCUT2D eigenvalue weighted by molar-refractivity contribution is -0.140. The number of benzene rings is 4. The maximum absolute atomic E-state index is 14.6. The van der Waals surface area contributed by atoms with Crippen LogP contribution >= 0.6 is 23.2 Å². The number of nitrogens with one attached hydrogen (secondary N) is 1. The summed E-state index contributed by atoms with van der Waals surface area (Å²) in [7, 11) is -4.23. The number of hydrogen-bond acceptors (Lipinski definition) is 5. The van der Waals surface area contributed by atoms with Crippen molar-refractivity contribution in [3.05, 3.63) is 124 Å². The van der Waals surface area contributed by atoms with E-state index in [9.17, 15) is 18.0 Å². The third-order valence-electron chi connectivity index (χ3n) is 7.93. The monoisotopic (exact) mass is 709 g/mol. The fourth-order valence-electron chi connectivity index (χ4n) is 5.07. The van der Waals surface area contributed by atoms with Crippen LogP contribution in [0.5, 0.6) is 5.75 Å². The first-order valence-corrected chi connectivity index (χ1v) is 18.0. The van der Waals surface area contributed by atoms with Gasteiger partial charge in [-0.25, -0.2) is 8.42 Å². The number of hydrogen-bond donors (Lipinski definition) is 1. The van der Waals surface area contributed by atoms with Gasteiger partial charge < -0.3 is 15.0 Å². The van der Waals surface area contributed by atoms with Crippen molar-refractivity contribution in [1.29, 1.82) is 0 Å². The number of halogens is 2. The van der Waals surface area contributed by atoms with E-state index in [1.54, 1.807) is 54.6 Å². The van der Waals surface area contributed by atoms with Gasteiger partial charge in [0.15, 0.2) is 0 Å². The van der Waals surface area contributed by atoms with Crippen LogP contribution in [0.15, 0.2) is 102 Å². The van der Waals surface area contributed by atoms with Crippen LogP contribution in [0.3, 0.4) is 0 Å². The molecule has 0 saturated heterocycles. The molecule has 254 valence electrons. The lowest BCUT2D eigenvalue weighted by atomic mass is 10.0. The average molecular weight is 711 g/mol. The summed E-state index contributed by atoms with van der Waals surface area (Å²) in [5, 5.41) is 3.67. The van der Waals surface area contributed by atoms with Crippen LogP contribution in [0.4, 0.5) is 5.69 Å². The SMILES string of the molecule is CCOc1ccc(N(CC(=O)N(Cc2ccc(Cl)c(Cl)c2)[C@H](Cc2ccccc2)C(=O)N[C@H](C)CC)S(=O)(=O)c2ccc(C)cc2)cc1. The fraction of sp³-hybridized carbons (Fsp3) is 0.297. The minimum absolute atomic E-state index is 0.0250. The highest BCUT2D eigenvalue weighted by Gasteiger charge is 2.35. The van der Waals surface area contributed by atoms with Crippen LogP contribution in [0, 0.1) is 6.92 Å². The normalized spacial score (nSPS) is 12.5. The zero-order chi connectivity index (χ0) is 34.8. The maximum Gasteiger partial charge on any atom is 0.264 e. The zero-order valence-electron chi connectivity index (χ0n) is 27.5. The van der Waals surface area contributed by atoms with E-state index in [0.29, 0.717) is 34.4 Å². The first-order chi connectivity index (χ1) is 22.9. The van der Waals surface area contributed by atoms with E-state index in [4.69, 9.17) is 27.9 Å². The van der Waals surface area contributed by atoms with Crippen molar-refractivity contribution in [3.8, 4) is 5.75 Å². The van der Waals surface area contributed by atoms with E-state index in [-0.39, 0.29) is 35.5 Å². The molecule has 4 rings (SSSR count). The van der Waals surface area contributed by atoms with E-state index in [1.165, 1.54) is 17.0 Å². The van der Waals surface area contributed by atoms with Gasteiger partial charge in [0.1, 0.15) is 18.3 Å². The van der Waals surface area contributed by atoms with Gasteiger partial charge >= 0.3 is 0 Å². The van der Waals surface area contributed by atoms with Crippen LogP contribution in [0.2, 0.25) is 10.0 Å². The zero-order valence-corrected chi connectivity index (χ0v) is 29.9. The van der Waals surface area contributed by atoms with Gasteiger partial charge in [-0.05, 0) is 86.8 Å². The van der Waals surface area contributed by atoms with Crippen molar-refractivity contribution in [1.82, 2.24) is 10.2 Å². The molecule has 2 amide bonds. The van der Waals surface area contributed by atoms with E-state index in [2.05, 4.69) is 5.32 Å². The lowest BCUT2D eigenvalue weighted by Gasteiger charge is -2.34. The first-order valence-electron chi connectivity index (χ1n) is 15.8. The molecule has 0 bridgehead atoms. The highest BCUT2D eigenvalue weighted by Crippen LogP contribution is 2.28. The Kier molecular flexibility index (Phi) is 12.9. The van der Waals surface area contributed by atoms with Gasteiger partial charge in [0.2, 0.25) is 11.8 Å². The van der Waals surface area contributed by atoms with Gasteiger partial charge in [0.05, 0.1) is 27.2 Å². The van der Waals surface area contributed by atoms with Gasteiger partial charge in [-0.2, -0.15) is 0 Å². The Bertz CT molecular complexity index is 1790. The Balaban J connectivity index is 1.82. The number of amides is 2. The highest BCUT2D eigenvalue weighted by molar-refractivity contribution is 7.92. The van der Waals surface area contributed by atoms with Crippen molar-refractivity contribution in [2.24, 2.45) is 0 Å². The summed E-state index contributed by atoms with van der Waals surface area (Å²) in [6.07, 6.45) is 0.884. The molecule has 0 unspecified atom stereocenters. The Labute approximate surface area is 293 Å². The van der Waals surface area contributed by atoms with E-state index < -0.39 is 28.5 Å². The molecule has 0 spiro atoms. The molecule has 0 aliphatic carbocycles. The quantitative estimate of drug-likeness (QED) is 0.138. The molecule has 0 heterocycles. The molecule has 0 aliphatic heterocycles. The number of anilines is 1. The van der Waals surface area contributed by atoms with Crippen molar-refractivity contribution >= 4 is 50.7 Å². The van der Waals surface area contributed by atoms with Gasteiger partial charge in [-0.1, -0.05) is 84.2 Å². The molecule has 0 radical (unpaired) electrons. The number of sulfonamides is 1. The molecule has 11 heteroatoms. The number of aryl methyl sites for hydroxylation is 1. The topological polar surface area (TPSA) is 96.0 Å². The van der Waals surface area contributed by atoms with Crippen LogP contribution in [-0.2, 0) is 32.6 Å². The summed E-state index contributed by atoms with van der Waals surface area (Å²) in [5.74, 6) is -0.368. The molecule has 8 nitrogen and oxygen atoms in total. The summed E-state index contributed by atoms with van der Waals surface area (Å²) < 4.78 is 35.1. The van der Waals surface area contributed by atoms with Crippen LogP contribution < -0.4 is 14.4 Å². The van der Waals surface area contributed by atoms with Gasteiger partial charge in [0, 0.05) is 19.0 Å². The van der Waals surface area contributed by atoms with E-state index in [1.807, 2.05) is 58.0 Å². The van der Waals surface area contributed by atoms with Crippen molar-refractivity contribution < 1.29 is 22.7 Å². The fourth-order valence-corrected chi connectivity index (χ4v) is 6.81. The Hall–Kier alpha value is -4.05. The summed E-state index contributed by atoms with van der Waals surface area (Å²) in [4.78, 5) is 30.1. The number of carbonyl (C=O) groups excluding carboxylic acids is 2. The molecule has 4 aromatic carbocycles. The van der Waals surface area contributed by atoms with Crippen LogP contribution in [-0.4, -0.2) is 50.4 Å². The third-order valence-corrected chi connectivity index (χ3v) is 10.5. The molecule has 48 heavy (non-hydrogen) atoms. The van der Waals surface area contributed by atoms with E-state index in [0.717, 1.165) is 15.4 Å². The number of rotatable bonds is 15. The summed E-state index contributed by atoms with van der Waals surface area (Å²) in [6, 6.07) is 26.2. The molecule has 0 fully saturated rings. The molecule has 0 aliphatic rings. The first kappa shape index (κ1) is 36.8. The molecule has 4 aromatic rings. The van der Waals surface area contributed by atoms with Crippen LogP contribution in [0.25, 0.3) is 0 Å². The predicted octanol–water partition coefficient (Wildman–Crippen LogP) is 7.45. The van der Waals surface area contributed by atoms with Crippen molar-refractivity contribution in [3.63, 3.8) is 0 Å². The van der Waals surface area contributed by atoms with Crippen molar-refractivity contribution in [2.45, 2.75) is 64.1 Å². The van der Waals surface area contributed by atoms with Gasteiger partial charge in [-0.3, -0.25) is 13.9 Å². The molecular weight excluding hydrogens is 669 g/mol. The minimum Gasteiger partial charge on any atom is -0.494 e. The molecular formula is C37H41Cl2N3O5S. The summed E-state index contributed by atoms with van der Waals surface area (Å²) in [6.45, 7) is 7.41. The third kappa shape index (κ3) is 9.52. The maximum atomic E-state index is 14.6. The van der Waals surface area contributed by atoms with Gasteiger partial charge in [-0.15, -0.1) is 0 Å². The minimum atomic E-state index is -4.23. The number of carbonyl (C=O) groups is 2. The average Bonchev–Trinajstić information content (AvgIpc) is 3.07. The number of nitrogens with zero attached hydrogens (tertiary/aromatic N) is 2. The smallest absolute Gasteiger partial charge is 0.264 e. The molecule has 0 saturated carbocycles. The summed E-state index contributed by atoms with van der Waals surface area (Å²) in [5.41, 5.74) is 2.62. The standard InChI is InChI=1S/C37H41Cl2N3O5S/c1-5-27(4)40-37(44)35(23-28-10-8-7-9-11-28)41(24-29-14-21-33(38)34(39)22-29)36(43)25-42(30-15-17-31(18-16-30)47-6-2)48(45,46)32-19-12-26(3)13-20-32/h7-22,27,35H,5-6,23-25H2,1-4H3,(H,40,44)/t27-,35-/m1/s1. The summed E-state index contributed by atoms with van der Waals surface area (Å²) >= 11 is 12.6. The largest absolute Gasteiger partial charge is 0.494 e. The second-order valence-electron chi connectivity index (χ2n) is 11.5. The van der Waals surface area contributed by atoms with Crippen molar-refractivity contribution in [2.75, 3.05) is 17.5 Å². The van der Waals surface area contributed by atoms with Gasteiger partial charge in [0.25, 0.3) is 10.0 Å². The molecule has 2 atom stereocenters. The second-order valence-corrected chi connectivity index (χ2v) is 14.2. The lowest BCUT2D eigenvalue weighted by Crippen LogP contribution is -2.54. The second kappa shape index (κ2) is 16.9. The number of ether oxygens (including phenoxy) is 1.